The van der Waals surface area contributed by atoms with Crippen molar-refractivity contribution >= 4 is 78.3 Å². The third-order valence-corrected chi connectivity index (χ3v) is 20.2. The minimum absolute atomic E-state index is 0.00737. The summed E-state index contributed by atoms with van der Waals surface area (Å²) in [6.45, 7) is 12.8. The highest BCUT2D eigenvalue weighted by atomic mass is 32.1. The van der Waals surface area contributed by atoms with Gasteiger partial charge in [0.25, 0.3) is 5.56 Å². The Morgan fingerprint density at radius 1 is 0.933 bits per heavy atom. The van der Waals surface area contributed by atoms with Crippen LogP contribution in [0.15, 0.2) is 71.2 Å². The predicted molar refractivity (Wildman–Crippen MR) is 341 cm³/mol. The van der Waals surface area contributed by atoms with Crippen LogP contribution in [-0.2, 0) is 20.9 Å². The summed E-state index contributed by atoms with van der Waals surface area (Å²) in [5.41, 5.74) is 10.2. The number of β-amino-alcohol motifs (C(OH)–C–C–N with tert-alkyl or cyclic N) is 1. The van der Waals surface area contributed by atoms with E-state index in [1.165, 1.54) is 15.6 Å². The highest BCUT2D eigenvalue weighted by Crippen LogP contribution is 2.54. The van der Waals surface area contributed by atoms with E-state index in [1.807, 2.05) is 56.6 Å². The Bertz CT molecular complexity index is 4340. The van der Waals surface area contributed by atoms with Crippen molar-refractivity contribution in [3.8, 4) is 33.3 Å². The van der Waals surface area contributed by atoms with Gasteiger partial charge in [-0.2, -0.15) is 20.2 Å². The van der Waals surface area contributed by atoms with E-state index in [-0.39, 0.29) is 60.9 Å². The number of H-pyrrole nitrogens is 2. The SMILES string of the molecule is Cc1ncsc1-c1ccc([C@H](CO)NC(=O)[C@@H]2C[C@@H](O)CN2C(=O)[C@H](C(C)C)n2cc3c(n2)c(=O)[nH]c2cc(COc4c(-c5c(C)c(F)cc6[nH]ncc56)c(C5CC5)cc5c(N6C[C@@H]7C[C@H]6CN7)nc(OC6CCOCC6)nc45)ccc23)c(N2CCNCC2)c1. The highest BCUT2D eigenvalue weighted by Gasteiger charge is 2.45. The third-order valence-electron chi connectivity index (χ3n) is 19.3. The highest BCUT2D eigenvalue weighted by molar-refractivity contribution is 7.13. The average molecular weight is 1240 g/mol. The number of benzene rings is 4. The maximum absolute atomic E-state index is 16.3. The number of hydrogen-bond acceptors (Lipinski definition) is 18. The number of likely N-dealkylation sites (tertiary alicyclic amines) is 1. The first kappa shape index (κ1) is 58.3. The lowest BCUT2D eigenvalue weighted by atomic mass is 9.88. The molecular weight excluding hydrogens is 1170 g/mol. The van der Waals surface area contributed by atoms with Crippen LogP contribution in [0.25, 0.3) is 65.2 Å². The molecule has 7 N–H and O–H groups in total. The van der Waals surface area contributed by atoms with E-state index < -0.39 is 48.2 Å². The summed E-state index contributed by atoms with van der Waals surface area (Å²) in [6, 6.07) is 13.4. The summed E-state index contributed by atoms with van der Waals surface area (Å²) in [5.74, 6) is -0.269. The summed E-state index contributed by atoms with van der Waals surface area (Å²) < 4.78 is 37.4. The Balaban J connectivity index is 0.754. The summed E-state index contributed by atoms with van der Waals surface area (Å²) >= 11 is 1.56. The molecule has 5 aromatic heterocycles. The fourth-order valence-electron chi connectivity index (χ4n) is 14.5. The van der Waals surface area contributed by atoms with Gasteiger partial charge >= 0.3 is 6.01 Å². The molecule has 4 aromatic carbocycles. The second-order valence-corrected chi connectivity index (χ2v) is 26.4. The molecule has 2 amide bonds. The van der Waals surface area contributed by atoms with E-state index in [2.05, 4.69) is 58.0 Å². The van der Waals surface area contributed by atoms with E-state index in [0.717, 1.165) is 119 Å². The average Bonchev–Trinajstić information content (AvgIpc) is 1.37. The van der Waals surface area contributed by atoms with Crippen molar-refractivity contribution < 1.29 is 38.4 Å². The number of anilines is 2. The van der Waals surface area contributed by atoms with Crippen LogP contribution >= 0.6 is 11.3 Å². The van der Waals surface area contributed by atoms with Gasteiger partial charge in [0, 0.05) is 133 Å². The molecule has 1 aliphatic carbocycles. The molecule has 5 aliphatic heterocycles. The number of halogens is 1. The van der Waals surface area contributed by atoms with E-state index in [9.17, 15) is 19.8 Å². The van der Waals surface area contributed by atoms with E-state index in [0.29, 0.717) is 76.3 Å². The van der Waals surface area contributed by atoms with Crippen LogP contribution < -0.4 is 40.8 Å². The van der Waals surface area contributed by atoms with Crippen molar-refractivity contribution in [2.75, 3.05) is 75.4 Å². The lowest BCUT2D eigenvalue weighted by Gasteiger charge is -2.34. The molecular formula is C66H73FN14O8S. The van der Waals surface area contributed by atoms with Crippen LogP contribution in [0, 0.1) is 25.6 Å². The second kappa shape index (κ2) is 23.6. The number of amides is 2. The van der Waals surface area contributed by atoms with Gasteiger partial charge in [0.15, 0.2) is 11.3 Å². The number of aromatic amines is 2. The first-order valence-corrected chi connectivity index (χ1v) is 32.4. The van der Waals surface area contributed by atoms with Gasteiger partial charge in [-0.15, -0.1) is 11.3 Å². The van der Waals surface area contributed by atoms with Gasteiger partial charge in [-0.3, -0.25) is 24.2 Å². The van der Waals surface area contributed by atoms with Crippen LogP contribution in [0.1, 0.15) is 98.3 Å². The Labute approximate surface area is 521 Å². The molecule has 15 rings (SSSR count). The Kier molecular flexibility index (Phi) is 15.3. The van der Waals surface area contributed by atoms with Crippen molar-refractivity contribution in [2.24, 2.45) is 5.92 Å². The zero-order valence-electron chi connectivity index (χ0n) is 50.7. The number of nitrogens with zero attached hydrogens (tertiary/aromatic N) is 9. The van der Waals surface area contributed by atoms with E-state index >= 15 is 9.18 Å². The minimum Gasteiger partial charge on any atom is -0.486 e. The number of aromatic nitrogens is 8. The quantitative estimate of drug-likeness (QED) is 0.0474. The molecule has 90 heavy (non-hydrogen) atoms. The van der Waals surface area contributed by atoms with Gasteiger partial charge < -0.3 is 60.1 Å². The van der Waals surface area contributed by atoms with Crippen molar-refractivity contribution in [1.82, 2.24) is 60.8 Å². The number of aliphatic hydroxyl groups excluding tert-OH is 2. The predicted octanol–water partition coefficient (Wildman–Crippen LogP) is 7.23. The normalized spacial score (nSPS) is 21.2. The van der Waals surface area contributed by atoms with Gasteiger partial charge in [-0.1, -0.05) is 38.1 Å². The summed E-state index contributed by atoms with van der Waals surface area (Å²) in [7, 11) is 0. The van der Waals surface area contributed by atoms with Crippen LogP contribution in [0.2, 0.25) is 0 Å². The fraction of sp³-hybridized carbons (Fsp3) is 0.455. The van der Waals surface area contributed by atoms with Crippen LogP contribution in [-0.4, -0.2) is 163 Å². The molecule has 10 heterocycles. The van der Waals surface area contributed by atoms with Gasteiger partial charge in [-0.25, -0.2) is 9.37 Å². The summed E-state index contributed by atoms with van der Waals surface area (Å²) in [5, 5.41) is 47.3. The number of rotatable bonds is 17. The third kappa shape index (κ3) is 10.6. The van der Waals surface area contributed by atoms with Crippen LogP contribution in [0.5, 0.6) is 11.8 Å². The Hall–Kier alpha value is -8.13. The molecule has 468 valence electrons. The Morgan fingerprint density at radius 3 is 2.51 bits per heavy atom. The van der Waals surface area contributed by atoms with Gasteiger partial charge in [0.2, 0.25) is 11.8 Å². The molecule has 6 atom stereocenters. The van der Waals surface area contributed by atoms with Gasteiger partial charge in [0.1, 0.15) is 41.9 Å². The number of hydrogen-bond donors (Lipinski definition) is 7. The maximum Gasteiger partial charge on any atom is 0.319 e. The molecule has 6 aliphatic rings. The summed E-state index contributed by atoms with van der Waals surface area (Å²) in [4.78, 5) is 69.0. The molecule has 0 unspecified atom stereocenters. The fourth-order valence-corrected chi connectivity index (χ4v) is 15.3. The van der Waals surface area contributed by atoms with Crippen LogP contribution in [0.3, 0.4) is 0 Å². The number of carbonyl (C=O) groups excluding carboxylic acids is 2. The zero-order valence-corrected chi connectivity index (χ0v) is 51.5. The molecule has 2 bridgehead atoms. The van der Waals surface area contributed by atoms with E-state index in [1.54, 1.807) is 30.7 Å². The molecule has 6 fully saturated rings. The van der Waals surface area contributed by atoms with Gasteiger partial charge in [-0.05, 0) is 91.5 Å². The standard InChI is InChI=1S/C66H73FN14O8S/c1-33(2)59(65(86)80-28-41(83)22-54(80)63(84)73-52(30-82)44-10-8-38(61-35(4)70-32-90-61)20-53(44)78-15-13-68-14-16-78)81-29-48-43-9-5-36(19-50(43)72-64(85)58(48)77-81)31-88-60-56(55-34(3)49(67)24-51-47(55)26-71-76-51)45(37-6-7-37)23-46-57(60)74-66(89-42-11-17-87-18-12-42)75-62(46)79-27-39-21-40(79)25-69-39/h5,8-10,19-20,23-24,26,29,32-33,37,39-42,52,54,59,68-69,82-83H,6-7,11-18,21-22,25,27-28,30-31H2,1-4H3,(H,71,76)(H,72,85)(H,73,84)/t39-,40-,41+,52-,54-,59-/m0/s1. The number of fused-ring (bicyclic) bond motifs is 7. The largest absolute Gasteiger partial charge is 0.486 e. The molecule has 5 saturated heterocycles. The lowest BCUT2D eigenvalue weighted by Crippen LogP contribution is -2.50. The Morgan fingerprint density at radius 2 is 1.77 bits per heavy atom. The first-order valence-electron chi connectivity index (χ1n) is 31.6. The van der Waals surface area contributed by atoms with Crippen molar-refractivity contribution in [3.63, 3.8) is 0 Å². The number of piperazine rings is 2. The van der Waals surface area contributed by atoms with Crippen molar-refractivity contribution in [3.05, 3.63) is 111 Å². The van der Waals surface area contributed by atoms with E-state index in [4.69, 9.17) is 29.3 Å². The number of thiazole rings is 1. The zero-order chi connectivity index (χ0) is 61.6. The number of pyridine rings is 1. The maximum atomic E-state index is 16.3. The van der Waals surface area contributed by atoms with Crippen LogP contribution in [0.4, 0.5) is 15.9 Å². The first-order chi connectivity index (χ1) is 43.7. The lowest BCUT2D eigenvalue weighted by molar-refractivity contribution is -0.142. The molecule has 24 heteroatoms. The molecule has 22 nitrogen and oxygen atoms in total. The molecule has 1 saturated carbocycles. The number of carbonyl (C=O) groups is 2. The number of aliphatic hydroxyl groups is 2. The smallest absolute Gasteiger partial charge is 0.319 e. The molecule has 0 spiro atoms. The van der Waals surface area contributed by atoms with Gasteiger partial charge in [0.05, 0.1) is 59.8 Å². The number of nitrogens with one attached hydrogen (secondary N) is 5. The summed E-state index contributed by atoms with van der Waals surface area (Å²) in [6.07, 6.45) is 6.59. The number of aryl methyl sites for hydroxylation is 1. The number of ether oxygens (including phenoxy) is 3. The topological polar surface area (TPSA) is 266 Å². The molecule has 0 radical (unpaired) electrons. The minimum atomic E-state index is -1.06. The molecule has 9 aromatic rings. The second-order valence-electron chi connectivity index (χ2n) is 25.5. The monoisotopic (exact) mass is 1240 g/mol. The van der Waals surface area contributed by atoms with Crippen molar-refractivity contribution in [1.29, 1.82) is 0 Å². The van der Waals surface area contributed by atoms with Crippen molar-refractivity contribution in [2.45, 2.75) is 121 Å².